The summed E-state index contributed by atoms with van der Waals surface area (Å²) in [6.07, 6.45) is 4.14. The standard InChI is InChI=1S/C23H26F2N4O2S/c24-16-9-15(10-17(25)11-16)13-26-18-1-2-19-20(12-18)32-22-21(19)23(30)29(14-27-22)4-3-28-5-7-31-8-6-28/h9-11,14,18,26H,1-8,12-13H2. The van der Waals surface area contributed by atoms with Gasteiger partial charge in [-0.05, 0) is 42.5 Å². The first-order valence-electron chi connectivity index (χ1n) is 11.0. The fourth-order valence-electron chi connectivity index (χ4n) is 4.58. The second kappa shape index (κ2) is 9.35. The van der Waals surface area contributed by atoms with E-state index in [1.165, 1.54) is 17.0 Å². The van der Waals surface area contributed by atoms with Crippen molar-refractivity contribution in [3.63, 3.8) is 0 Å². The van der Waals surface area contributed by atoms with Gasteiger partial charge >= 0.3 is 0 Å². The Labute approximate surface area is 188 Å². The Balaban J connectivity index is 1.28. The molecule has 1 aromatic carbocycles. The number of thiophene rings is 1. The van der Waals surface area contributed by atoms with Crippen molar-refractivity contribution in [2.45, 2.75) is 38.4 Å². The maximum absolute atomic E-state index is 13.4. The van der Waals surface area contributed by atoms with Crippen molar-refractivity contribution in [2.24, 2.45) is 0 Å². The zero-order chi connectivity index (χ0) is 22.1. The zero-order valence-electron chi connectivity index (χ0n) is 17.8. The molecule has 0 amide bonds. The van der Waals surface area contributed by atoms with Crippen molar-refractivity contribution in [2.75, 3.05) is 32.8 Å². The molecular weight excluding hydrogens is 434 g/mol. The number of halogens is 2. The smallest absolute Gasteiger partial charge is 0.262 e. The van der Waals surface area contributed by atoms with Gasteiger partial charge in [0.25, 0.3) is 5.56 Å². The number of fused-ring (bicyclic) bond motifs is 3. The number of ether oxygens (including phenoxy) is 1. The predicted octanol–water partition coefficient (Wildman–Crippen LogP) is 2.72. The Kier molecular flexibility index (Phi) is 6.32. The first-order valence-corrected chi connectivity index (χ1v) is 11.9. The molecule has 6 nitrogen and oxygen atoms in total. The average Bonchev–Trinajstić information content (AvgIpc) is 3.16. The third kappa shape index (κ3) is 4.61. The number of nitrogens with zero attached hydrogens (tertiary/aromatic N) is 3. The molecular formula is C23H26F2N4O2S. The number of aromatic nitrogens is 2. The van der Waals surface area contributed by atoms with Crippen LogP contribution in [-0.4, -0.2) is 53.3 Å². The van der Waals surface area contributed by atoms with Gasteiger partial charge < -0.3 is 10.1 Å². The molecule has 3 aromatic rings. The van der Waals surface area contributed by atoms with E-state index >= 15 is 0 Å². The van der Waals surface area contributed by atoms with Crippen LogP contribution in [0.2, 0.25) is 0 Å². The van der Waals surface area contributed by atoms with Crippen LogP contribution < -0.4 is 10.9 Å². The molecule has 1 unspecified atom stereocenters. The highest BCUT2D eigenvalue weighted by Gasteiger charge is 2.25. The number of rotatable bonds is 6. The normalized spacial score (nSPS) is 19.4. The lowest BCUT2D eigenvalue weighted by atomic mass is 9.93. The highest BCUT2D eigenvalue weighted by molar-refractivity contribution is 7.18. The summed E-state index contributed by atoms with van der Waals surface area (Å²) in [4.78, 5) is 22.1. The van der Waals surface area contributed by atoms with Crippen molar-refractivity contribution in [3.05, 3.63) is 62.5 Å². The molecule has 32 heavy (non-hydrogen) atoms. The fraction of sp³-hybridized carbons (Fsp3) is 0.478. The SMILES string of the molecule is O=c1c2c3c(sc2ncn1CCN1CCOCC1)CC(NCc1cc(F)cc(F)c1)CC3. The topological polar surface area (TPSA) is 59.4 Å². The molecule has 1 saturated heterocycles. The Morgan fingerprint density at radius 2 is 1.94 bits per heavy atom. The van der Waals surface area contributed by atoms with Crippen LogP contribution in [0.15, 0.2) is 29.3 Å². The Hall–Kier alpha value is -2.20. The minimum Gasteiger partial charge on any atom is -0.379 e. The van der Waals surface area contributed by atoms with E-state index in [0.717, 1.165) is 74.0 Å². The molecule has 1 aliphatic heterocycles. The summed E-state index contributed by atoms with van der Waals surface area (Å²) in [7, 11) is 0. The molecule has 0 radical (unpaired) electrons. The molecule has 1 atom stereocenters. The van der Waals surface area contributed by atoms with E-state index in [2.05, 4.69) is 15.2 Å². The molecule has 1 aliphatic carbocycles. The fourth-order valence-corrected chi connectivity index (χ4v) is 5.84. The van der Waals surface area contributed by atoms with Gasteiger partial charge in [-0.3, -0.25) is 14.3 Å². The lowest BCUT2D eigenvalue weighted by Gasteiger charge is -2.26. The molecule has 1 fully saturated rings. The summed E-state index contributed by atoms with van der Waals surface area (Å²) in [5.41, 5.74) is 1.76. The van der Waals surface area contributed by atoms with Crippen LogP contribution in [-0.2, 0) is 30.7 Å². The number of aryl methyl sites for hydroxylation is 1. The molecule has 2 aliphatic rings. The van der Waals surface area contributed by atoms with E-state index in [1.807, 2.05) is 0 Å². The largest absolute Gasteiger partial charge is 0.379 e. The van der Waals surface area contributed by atoms with Gasteiger partial charge in [0.1, 0.15) is 16.5 Å². The summed E-state index contributed by atoms with van der Waals surface area (Å²) in [5.74, 6) is -1.12. The maximum atomic E-state index is 13.4. The Morgan fingerprint density at radius 1 is 1.16 bits per heavy atom. The number of hydrogen-bond donors (Lipinski definition) is 1. The summed E-state index contributed by atoms with van der Waals surface area (Å²) in [5, 5.41) is 4.18. The van der Waals surface area contributed by atoms with E-state index in [4.69, 9.17) is 4.74 Å². The van der Waals surface area contributed by atoms with Gasteiger partial charge in [-0.25, -0.2) is 13.8 Å². The van der Waals surface area contributed by atoms with Gasteiger partial charge in [0, 0.05) is 49.7 Å². The van der Waals surface area contributed by atoms with Gasteiger partial charge in [0.2, 0.25) is 0 Å². The molecule has 2 aromatic heterocycles. The predicted molar refractivity (Wildman–Crippen MR) is 120 cm³/mol. The van der Waals surface area contributed by atoms with Crippen molar-refractivity contribution in [1.82, 2.24) is 19.8 Å². The summed E-state index contributed by atoms with van der Waals surface area (Å²) >= 11 is 1.59. The van der Waals surface area contributed by atoms with Crippen molar-refractivity contribution >= 4 is 21.6 Å². The highest BCUT2D eigenvalue weighted by Crippen LogP contribution is 2.33. The highest BCUT2D eigenvalue weighted by atomic mass is 32.1. The van der Waals surface area contributed by atoms with Gasteiger partial charge in [0.05, 0.1) is 24.9 Å². The van der Waals surface area contributed by atoms with Crippen LogP contribution >= 0.6 is 11.3 Å². The van der Waals surface area contributed by atoms with Gasteiger partial charge in [-0.2, -0.15) is 0 Å². The first-order chi connectivity index (χ1) is 15.6. The van der Waals surface area contributed by atoms with Crippen LogP contribution in [0.1, 0.15) is 22.4 Å². The monoisotopic (exact) mass is 460 g/mol. The van der Waals surface area contributed by atoms with Crippen LogP contribution in [0.25, 0.3) is 10.2 Å². The number of hydrogen-bond acceptors (Lipinski definition) is 6. The van der Waals surface area contributed by atoms with E-state index in [9.17, 15) is 13.6 Å². The minimum absolute atomic E-state index is 0.0439. The summed E-state index contributed by atoms with van der Waals surface area (Å²) in [6.45, 7) is 5.13. The minimum atomic E-state index is -0.562. The Morgan fingerprint density at radius 3 is 2.72 bits per heavy atom. The lowest BCUT2D eigenvalue weighted by molar-refractivity contribution is 0.0362. The van der Waals surface area contributed by atoms with Gasteiger partial charge in [-0.1, -0.05) is 0 Å². The Bertz CT molecular complexity index is 1150. The molecule has 1 N–H and O–H groups in total. The van der Waals surface area contributed by atoms with Crippen LogP contribution in [0.4, 0.5) is 8.78 Å². The maximum Gasteiger partial charge on any atom is 0.262 e. The molecule has 0 bridgehead atoms. The third-order valence-electron chi connectivity index (χ3n) is 6.31. The number of morpholine rings is 1. The van der Waals surface area contributed by atoms with Crippen LogP contribution in [0.3, 0.4) is 0 Å². The van der Waals surface area contributed by atoms with E-state index in [-0.39, 0.29) is 11.6 Å². The second-order valence-corrected chi connectivity index (χ2v) is 9.56. The summed E-state index contributed by atoms with van der Waals surface area (Å²) in [6, 6.07) is 3.79. The molecule has 0 spiro atoms. The van der Waals surface area contributed by atoms with Crippen molar-refractivity contribution in [1.29, 1.82) is 0 Å². The van der Waals surface area contributed by atoms with Gasteiger partial charge in [0.15, 0.2) is 0 Å². The molecule has 5 rings (SSSR count). The number of benzene rings is 1. The second-order valence-electron chi connectivity index (χ2n) is 8.48. The average molecular weight is 461 g/mol. The third-order valence-corrected chi connectivity index (χ3v) is 7.48. The molecule has 9 heteroatoms. The quantitative estimate of drug-likeness (QED) is 0.613. The zero-order valence-corrected chi connectivity index (χ0v) is 18.6. The van der Waals surface area contributed by atoms with Crippen LogP contribution in [0, 0.1) is 11.6 Å². The van der Waals surface area contributed by atoms with E-state index in [0.29, 0.717) is 18.7 Å². The van der Waals surface area contributed by atoms with E-state index in [1.54, 1.807) is 22.2 Å². The molecule has 170 valence electrons. The van der Waals surface area contributed by atoms with Crippen molar-refractivity contribution < 1.29 is 13.5 Å². The van der Waals surface area contributed by atoms with E-state index < -0.39 is 11.6 Å². The van der Waals surface area contributed by atoms with Gasteiger partial charge in [-0.15, -0.1) is 11.3 Å². The van der Waals surface area contributed by atoms with Crippen molar-refractivity contribution in [3.8, 4) is 0 Å². The first kappa shape index (κ1) is 21.6. The number of nitrogens with one attached hydrogen (secondary N) is 1. The summed E-state index contributed by atoms with van der Waals surface area (Å²) < 4.78 is 34.0. The molecule has 3 heterocycles. The van der Waals surface area contributed by atoms with Crippen LogP contribution in [0.5, 0.6) is 0 Å². The lowest BCUT2D eigenvalue weighted by Crippen LogP contribution is -2.39. The molecule has 0 saturated carbocycles.